The number of hydrogen-bond donors (Lipinski definition) is 1. The van der Waals surface area contributed by atoms with E-state index in [9.17, 15) is 9.59 Å². The van der Waals surface area contributed by atoms with Gasteiger partial charge in [-0.15, -0.1) is 0 Å². The molecular weight excluding hydrogens is 280 g/mol. The van der Waals surface area contributed by atoms with Crippen LogP contribution in [0.25, 0.3) is 5.69 Å². The van der Waals surface area contributed by atoms with Crippen molar-refractivity contribution < 1.29 is 4.79 Å². The summed E-state index contributed by atoms with van der Waals surface area (Å²) in [5.41, 5.74) is 0.684. The van der Waals surface area contributed by atoms with Gasteiger partial charge in [-0.2, -0.15) is 9.78 Å². The minimum atomic E-state index is -0.254. The van der Waals surface area contributed by atoms with Crippen molar-refractivity contribution in [3.05, 3.63) is 58.5 Å². The third-order valence-corrected chi connectivity index (χ3v) is 3.78. The van der Waals surface area contributed by atoms with Crippen LogP contribution in [-0.4, -0.2) is 46.3 Å². The van der Waals surface area contributed by atoms with Crippen molar-refractivity contribution in [3.8, 4) is 5.69 Å². The molecule has 1 aromatic carbocycles. The molecule has 3 rings (SSSR count). The fourth-order valence-electron chi connectivity index (χ4n) is 2.57. The van der Waals surface area contributed by atoms with Crippen LogP contribution in [-0.2, 0) is 0 Å². The van der Waals surface area contributed by atoms with Gasteiger partial charge in [0.25, 0.3) is 11.5 Å². The van der Waals surface area contributed by atoms with Gasteiger partial charge in [0.1, 0.15) is 5.69 Å². The fourth-order valence-corrected chi connectivity index (χ4v) is 2.57. The number of carbonyl (C=O) groups is 1. The fraction of sp³-hybridized carbons (Fsp3) is 0.312. The van der Waals surface area contributed by atoms with Gasteiger partial charge in [-0.3, -0.25) is 9.59 Å². The molecule has 0 unspecified atom stereocenters. The van der Waals surface area contributed by atoms with E-state index < -0.39 is 0 Å². The van der Waals surface area contributed by atoms with Crippen molar-refractivity contribution in [1.29, 1.82) is 0 Å². The molecule has 0 spiro atoms. The molecule has 1 saturated heterocycles. The van der Waals surface area contributed by atoms with Gasteiger partial charge in [0, 0.05) is 31.7 Å². The quantitative estimate of drug-likeness (QED) is 0.885. The summed E-state index contributed by atoms with van der Waals surface area (Å²) in [6.45, 7) is 4.18. The van der Waals surface area contributed by atoms with Crippen molar-refractivity contribution in [1.82, 2.24) is 20.0 Å². The summed E-state index contributed by atoms with van der Waals surface area (Å²) >= 11 is 0. The number of carbonyl (C=O) groups excluding carboxylic acids is 1. The second-order valence-corrected chi connectivity index (χ2v) is 5.36. The maximum absolute atomic E-state index is 12.6. The van der Waals surface area contributed by atoms with Gasteiger partial charge in [-0.05, 0) is 25.1 Å². The minimum Gasteiger partial charge on any atom is -0.332 e. The van der Waals surface area contributed by atoms with Gasteiger partial charge in [0.15, 0.2) is 0 Å². The Morgan fingerprint density at radius 2 is 2.00 bits per heavy atom. The van der Waals surface area contributed by atoms with Crippen molar-refractivity contribution in [2.24, 2.45) is 0 Å². The average Bonchev–Trinajstić information content (AvgIpc) is 2.56. The van der Waals surface area contributed by atoms with Gasteiger partial charge >= 0.3 is 0 Å². The zero-order valence-electron chi connectivity index (χ0n) is 12.4. The lowest BCUT2D eigenvalue weighted by Gasteiger charge is -2.33. The van der Waals surface area contributed by atoms with Crippen LogP contribution >= 0.6 is 0 Å². The zero-order valence-corrected chi connectivity index (χ0v) is 12.4. The van der Waals surface area contributed by atoms with E-state index in [4.69, 9.17) is 0 Å². The molecule has 1 fully saturated rings. The number of piperazine rings is 1. The first kappa shape index (κ1) is 14.5. The zero-order chi connectivity index (χ0) is 15.5. The molecule has 2 heterocycles. The maximum atomic E-state index is 12.6. The maximum Gasteiger partial charge on any atom is 0.274 e. The smallest absolute Gasteiger partial charge is 0.274 e. The molecule has 0 bridgehead atoms. The summed E-state index contributed by atoms with van der Waals surface area (Å²) in [7, 11) is 0. The molecule has 6 heteroatoms. The van der Waals surface area contributed by atoms with E-state index in [2.05, 4.69) is 10.4 Å². The van der Waals surface area contributed by atoms with Gasteiger partial charge in [-0.25, -0.2) is 0 Å². The van der Waals surface area contributed by atoms with Crippen molar-refractivity contribution in [2.75, 3.05) is 19.6 Å². The first-order chi connectivity index (χ1) is 10.7. The Bertz CT molecular complexity index is 726. The first-order valence-electron chi connectivity index (χ1n) is 7.34. The Labute approximate surface area is 128 Å². The predicted octanol–water partition coefficient (Wildman–Crippen LogP) is 0.666. The Balaban J connectivity index is 1.95. The Morgan fingerprint density at radius 1 is 1.23 bits per heavy atom. The molecule has 1 aliphatic heterocycles. The van der Waals surface area contributed by atoms with E-state index in [0.29, 0.717) is 12.2 Å². The molecule has 1 amide bonds. The third-order valence-electron chi connectivity index (χ3n) is 3.78. The molecule has 114 valence electrons. The summed E-state index contributed by atoms with van der Waals surface area (Å²) in [6, 6.07) is 12.1. The van der Waals surface area contributed by atoms with Crippen LogP contribution in [0, 0.1) is 0 Å². The van der Waals surface area contributed by atoms with E-state index >= 15 is 0 Å². The molecular formula is C16H18N4O2. The number of nitrogens with zero attached hydrogens (tertiary/aromatic N) is 3. The third kappa shape index (κ3) is 2.78. The summed E-state index contributed by atoms with van der Waals surface area (Å²) in [5.74, 6) is -0.140. The lowest BCUT2D eigenvalue weighted by molar-refractivity contribution is 0.0647. The second kappa shape index (κ2) is 6.11. The van der Waals surface area contributed by atoms with E-state index in [-0.39, 0.29) is 23.2 Å². The first-order valence-corrected chi connectivity index (χ1v) is 7.34. The summed E-state index contributed by atoms with van der Waals surface area (Å²) in [6.07, 6.45) is 0. The van der Waals surface area contributed by atoms with Crippen molar-refractivity contribution in [3.63, 3.8) is 0 Å². The second-order valence-electron chi connectivity index (χ2n) is 5.36. The van der Waals surface area contributed by atoms with Crippen LogP contribution in [0.4, 0.5) is 0 Å². The Hall–Kier alpha value is -2.47. The molecule has 22 heavy (non-hydrogen) atoms. The van der Waals surface area contributed by atoms with Gasteiger partial charge < -0.3 is 10.2 Å². The number of hydrogen-bond acceptors (Lipinski definition) is 4. The van der Waals surface area contributed by atoms with E-state index in [1.807, 2.05) is 25.1 Å². The van der Waals surface area contributed by atoms with Crippen LogP contribution < -0.4 is 10.9 Å². The molecule has 6 nitrogen and oxygen atoms in total. The molecule has 1 N–H and O–H groups in total. The van der Waals surface area contributed by atoms with E-state index in [0.717, 1.165) is 13.1 Å². The normalized spacial score (nSPS) is 18.2. The lowest BCUT2D eigenvalue weighted by atomic mass is 10.2. The number of benzene rings is 1. The summed E-state index contributed by atoms with van der Waals surface area (Å²) in [5, 5.41) is 7.49. The highest BCUT2D eigenvalue weighted by Gasteiger charge is 2.25. The molecule has 0 aliphatic carbocycles. The molecule has 0 radical (unpaired) electrons. The van der Waals surface area contributed by atoms with E-state index in [1.54, 1.807) is 17.0 Å². The number of amides is 1. The number of rotatable bonds is 2. The molecule has 0 saturated carbocycles. The Kier molecular flexibility index (Phi) is 4.02. The Morgan fingerprint density at radius 3 is 2.73 bits per heavy atom. The van der Waals surface area contributed by atoms with Gasteiger partial charge in [0.05, 0.1) is 5.69 Å². The van der Waals surface area contributed by atoms with Crippen LogP contribution in [0.2, 0.25) is 0 Å². The monoisotopic (exact) mass is 298 g/mol. The van der Waals surface area contributed by atoms with Crippen molar-refractivity contribution >= 4 is 5.91 Å². The minimum absolute atomic E-state index is 0.111. The number of nitrogens with one attached hydrogen (secondary N) is 1. The number of para-hydroxylation sites is 1. The molecule has 1 atom stereocenters. The van der Waals surface area contributed by atoms with Crippen LogP contribution in [0.15, 0.2) is 47.3 Å². The number of aromatic nitrogens is 2. The van der Waals surface area contributed by atoms with Crippen LogP contribution in [0.3, 0.4) is 0 Å². The van der Waals surface area contributed by atoms with E-state index in [1.165, 1.54) is 16.8 Å². The topological polar surface area (TPSA) is 67.2 Å². The highest BCUT2D eigenvalue weighted by molar-refractivity contribution is 5.92. The molecule has 2 aromatic rings. The summed E-state index contributed by atoms with van der Waals surface area (Å²) < 4.78 is 1.26. The predicted molar refractivity (Wildman–Crippen MR) is 83.2 cm³/mol. The van der Waals surface area contributed by atoms with Crippen LogP contribution in [0.1, 0.15) is 17.4 Å². The highest BCUT2D eigenvalue weighted by atomic mass is 16.2. The van der Waals surface area contributed by atoms with Gasteiger partial charge in [0.2, 0.25) is 0 Å². The van der Waals surface area contributed by atoms with Crippen LogP contribution in [0.5, 0.6) is 0 Å². The van der Waals surface area contributed by atoms with Crippen molar-refractivity contribution in [2.45, 2.75) is 13.0 Å². The standard InChI is InChI=1S/C16H18N4O2/c1-12-11-17-9-10-19(12)16(22)14-7-8-15(21)20(18-14)13-5-3-2-4-6-13/h2-8,12,17H,9-11H2,1H3/t12-/m1/s1. The molecule has 1 aliphatic rings. The molecule has 1 aromatic heterocycles. The van der Waals surface area contributed by atoms with Gasteiger partial charge in [-0.1, -0.05) is 18.2 Å². The SMILES string of the molecule is C[C@@H]1CNCCN1C(=O)c1ccc(=O)n(-c2ccccc2)n1. The summed E-state index contributed by atoms with van der Waals surface area (Å²) in [4.78, 5) is 26.4. The average molecular weight is 298 g/mol. The highest BCUT2D eigenvalue weighted by Crippen LogP contribution is 2.09. The largest absolute Gasteiger partial charge is 0.332 e. The lowest BCUT2D eigenvalue weighted by Crippen LogP contribution is -2.52.